The second-order valence-corrected chi connectivity index (χ2v) is 4.58. The van der Waals surface area contributed by atoms with Crippen molar-refractivity contribution in [3.05, 3.63) is 53.0 Å². The number of rotatable bonds is 4. The number of hydrogen-bond donors (Lipinski definition) is 3. The molecule has 0 aliphatic carbocycles. The lowest BCUT2D eigenvalue weighted by atomic mass is 10.1. The average molecular weight is 287 g/mol. The Morgan fingerprint density at radius 1 is 1.43 bits per heavy atom. The average Bonchev–Trinajstić information content (AvgIpc) is 2.97. The van der Waals surface area contributed by atoms with Gasteiger partial charge in [-0.15, -0.1) is 0 Å². The van der Waals surface area contributed by atoms with Gasteiger partial charge in [0.15, 0.2) is 5.84 Å². The first-order valence-corrected chi connectivity index (χ1v) is 6.53. The van der Waals surface area contributed by atoms with Crippen molar-refractivity contribution in [2.75, 3.05) is 5.32 Å². The molecular weight excluding hydrogens is 270 g/mol. The molecule has 1 aromatic carbocycles. The van der Waals surface area contributed by atoms with Crippen molar-refractivity contribution in [1.82, 2.24) is 0 Å². The van der Waals surface area contributed by atoms with Crippen LogP contribution in [0.1, 0.15) is 34.2 Å². The van der Waals surface area contributed by atoms with Crippen LogP contribution in [-0.2, 0) is 6.42 Å². The predicted molar refractivity (Wildman–Crippen MR) is 79.7 cm³/mol. The van der Waals surface area contributed by atoms with E-state index in [1.807, 2.05) is 13.8 Å². The van der Waals surface area contributed by atoms with Gasteiger partial charge in [0, 0.05) is 17.7 Å². The number of amides is 1. The molecule has 1 amide bonds. The Hall–Kier alpha value is -2.76. The summed E-state index contributed by atoms with van der Waals surface area (Å²) in [6.45, 7) is 3.78. The molecule has 0 atom stereocenters. The first-order chi connectivity index (χ1) is 10.1. The first kappa shape index (κ1) is 14.6. The number of amidine groups is 1. The molecule has 2 rings (SSSR count). The van der Waals surface area contributed by atoms with E-state index >= 15 is 0 Å². The molecule has 0 unspecified atom stereocenters. The van der Waals surface area contributed by atoms with E-state index in [-0.39, 0.29) is 11.7 Å². The Labute approximate surface area is 122 Å². The molecule has 0 saturated heterocycles. The fourth-order valence-electron chi connectivity index (χ4n) is 1.98. The zero-order chi connectivity index (χ0) is 15.4. The molecule has 4 N–H and O–H groups in total. The van der Waals surface area contributed by atoms with Gasteiger partial charge in [-0.1, -0.05) is 24.2 Å². The van der Waals surface area contributed by atoms with Crippen LogP contribution in [0.2, 0.25) is 0 Å². The third-order valence-electron chi connectivity index (χ3n) is 3.20. The molecule has 1 aromatic heterocycles. The highest BCUT2D eigenvalue weighted by Gasteiger charge is 2.14. The van der Waals surface area contributed by atoms with E-state index in [1.54, 1.807) is 24.3 Å². The van der Waals surface area contributed by atoms with Crippen molar-refractivity contribution in [1.29, 1.82) is 0 Å². The van der Waals surface area contributed by atoms with E-state index in [9.17, 15) is 4.79 Å². The summed E-state index contributed by atoms with van der Waals surface area (Å²) in [5.74, 6) is 0.376. The lowest BCUT2D eigenvalue weighted by Gasteiger charge is -2.10. The third kappa shape index (κ3) is 3.05. The minimum Gasteiger partial charge on any atom is -0.469 e. The van der Waals surface area contributed by atoms with Crippen LogP contribution in [0.5, 0.6) is 0 Å². The van der Waals surface area contributed by atoms with E-state index < -0.39 is 0 Å². The number of hydrogen-bond acceptors (Lipinski definition) is 4. The molecule has 0 fully saturated rings. The van der Waals surface area contributed by atoms with E-state index in [0.29, 0.717) is 29.0 Å². The molecule has 0 saturated carbocycles. The Bertz CT molecular complexity index is 689. The van der Waals surface area contributed by atoms with Crippen LogP contribution >= 0.6 is 0 Å². The van der Waals surface area contributed by atoms with Crippen LogP contribution in [0.25, 0.3) is 0 Å². The fraction of sp³-hybridized carbons (Fsp3) is 0.200. The number of carbonyl (C=O) groups excluding carboxylic acids is 1. The van der Waals surface area contributed by atoms with Gasteiger partial charge in [-0.2, -0.15) is 0 Å². The Kier molecular flexibility index (Phi) is 4.27. The highest BCUT2D eigenvalue weighted by Crippen LogP contribution is 2.19. The molecule has 6 heteroatoms. The molecular formula is C15H17N3O3. The van der Waals surface area contributed by atoms with Gasteiger partial charge in [-0.05, 0) is 24.6 Å². The van der Waals surface area contributed by atoms with Gasteiger partial charge in [-0.25, -0.2) is 0 Å². The van der Waals surface area contributed by atoms with Gasteiger partial charge in [0.25, 0.3) is 5.91 Å². The van der Waals surface area contributed by atoms with Crippen LogP contribution in [0.4, 0.5) is 5.69 Å². The number of oxime groups is 1. The highest BCUT2D eigenvalue weighted by molar-refractivity contribution is 6.06. The summed E-state index contributed by atoms with van der Waals surface area (Å²) in [7, 11) is 0. The number of benzene rings is 1. The van der Waals surface area contributed by atoms with Crippen molar-refractivity contribution in [3.8, 4) is 0 Å². The minimum absolute atomic E-state index is 0.0111. The fourth-order valence-corrected chi connectivity index (χ4v) is 1.98. The summed E-state index contributed by atoms with van der Waals surface area (Å²) < 4.78 is 5.25. The van der Waals surface area contributed by atoms with Crippen LogP contribution in [0, 0.1) is 6.92 Å². The van der Waals surface area contributed by atoms with Crippen LogP contribution in [-0.4, -0.2) is 17.0 Å². The lowest BCUT2D eigenvalue weighted by molar-refractivity contribution is 0.102. The molecule has 6 nitrogen and oxygen atoms in total. The Morgan fingerprint density at radius 3 is 2.86 bits per heavy atom. The molecule has 1 heterocycles. The molecule has 110 valence electrons. The van der Waals surface area contributed by atoms with E-state index in [0.717, 1.165) is 5.56 Å². The molecule has 21 heavy (non-hydrogen) atoms. The highest BCUT2D eigenvalue weighted by atomic mass is 16.4. The molecule has 0 aliphatic rings. The van der Waals surface area contributed by atoms with Gasteiger partial charge < -0.3 is 20.7 Å². The quantitative estimate of drug-likeness (QED) is 0.348. The number of aryl methyl sites for hydroxylation is 2. The lowest BCUT2D eigenvalue weighted by Crippen LogP contribution is -2.16. The van der Waals surface area contributed by atoms with Crippen LogP contribution < -0.4 is 11.1 Å². The Morgan fingerprint density at radius 2 is 2.19 bits per heavy atom. The number of furan rings is 1. The second-order valence-electron chi connectivity index (χ2n) is 4.58. The van der Waals surface area contributed by atoms with Crippen molar-refractivity contribution in [3.63, 3.8) is 0 Å². The van der Waals surface area contributed by atoms with Crippen molar-refractivity contribution >= 4 is 17.4 Å². The summed E-state index contributed by atoms with van der Waals surface area (Å²) >= 11 is 0. The molecule has 0 aliphatic heterocycles. The minimum atomic E-state index is -0.250. The van der Waals surface area contributed by atoms with E-state index in [4.69, 9.17) is 15.4 Å². The smallest absolute Gasteiger partial charge is 0.259 e. The second kappa shape index (κ2) is 6.13. The summed E-state index contributed by atoms with van der Waals surface area (Å²) in [5.41, 5.74) is 8.07. The SMILES string of the molecule is CCc1occc1C(=O)Nc1cc(/C(N)=N/O)ccc1C. The monoisotopic (exact) mass is 287 g/mol. The molecule has 0 spiro atoms. The van der Waals surface area contributed by atoms with E-state index in [1.165, 1.54) is 6.26 Å². The van der Waals surface area contributed by atoms with E-state index in [2.05, 4.69) is 10.5 Å². The van der Waals surface area contributed by atoms with Gasteiger partial charge in [0.05, 0.1) is 11.8 Å². The van der Waals surface area contributed by atoms with Gasteiger partial charge >= 0.3 is 0 Å². The van der Waals surface area contributed by atoms with Crippen molar-refractivity contribution < 1.29 is 14.4 Å². The van der Waals surface area contributed by atoms with Crippen LogP contribution in [0.15, 0.2) is 40.1 Å². The zero-order valence-electron chi connectivity index (χ0n) is 11.9. The van der Waals surface area contributed by atoms with Crippen LogP contribution in [0.3, 0.4) is 0 Å². The third-order valence-corrected chi connectivity index (χ3v) is 3.20. The predicted octanol–water partition coefficient (Wildman–Crippen LogP) is 2.50. The molecule has 0 bridgehead atoms. The first-order valence-electron chi connectivity index (χ1n) is 6.53. The molecule has 2 aromatic rings. The number of carbonyl (C=O) groups is 1. The largest absolute Gasteiger partial charge is 0.469 e. The topological polar surface area (TPSA) is 101 Å². The summed E-state index contributed by atoms with van der Waals surface area (Å²) in [6.07, 6.45) is 2.13. The molecule has 0 radical (unpaired) electrons. The van der Waals surface area contributed by atoms with Crippen molar-refractivity contribution in [2.24, 2.45) is 10.9 Å². The number of anilines is 1. The Balaban J connectivity index is 2.29. The number of nitrogens with one attached hydrogen (secondary N) is 1. The van der Waals surface area contributed by atoms with Gasteiger partial charge in [0.1, 0.15) is 5.76 Å². The van der Waals surface area contributed by atoms with Gasteiger partial charge in [-0.3, -0.25) is 4.79 Å². The van der Waals surface area contributed by atoms with Gasteiger partial charge in [0.2, 0.25) is 0 Å². The van der Waals surface area contributed by atoms with Crippen molar-refractivity contribution in [2.45, 2.75) is 20.3 Å². The maximum atomic E-state index is 12.3. The number of nitrogens with zero attached hydrogens (tertiary/aromatic N) is 1. The zero-order valence-corrected chi connectivity index (χ0v) is 11.9. The maximum absolute atomic E-state index is 12.3. The normalized spacial score (nSPS) is 11.4. The summed E-state index contributed by atoms with van der Waals surface area (Å²) in [4.78, 5) is 12.3. The summed E-state index contributed by atoms with van der Waals surface area (Å²) in [5, 5.41) is 14.5. The summed E-state index contributed by atoms with van der Waals surface area (Å²) in [6, 6.07) is 6.80. The number of nitrogens with two attached hydrogens (primary N) is 1. The standard InChI is InChI=1S/C15H17N3O3/c1-3-13-11(6-7-21-13)15(19)17-12-8-10(14(16)18-20)5-4-9(12)2/h4-8,20H,3H2,1-2H3,(H2,16,18)(H,17,19). The maximum Gasteiger partial charge on any atom is 0.259 e.